The fraction of sp³-hybridized carbons (Fsp3) is 0.581. The van der Waals surface area contributed by atoms with Crippen molar-refractivity contribution >= 4 is 28.5 Å². The van der Waals surface area contributed by atoms with Gasteiger partial charge >= 0.3 is 0 Å². The Morgan fingerprint density at radius 1 is 1.00 bits per heavy atom. The number of nitrogens with zero attached hydrogens (tertiary/aromatic N) is 1. The number of hydrogen-bond acceptors (Lipinski definition) is 5. The van der Waals surface area contributed by atoms with E-state index < -0.39 is 18.2 Å². The van der Waals surface area contributed by atoms with Gasteiger partial charge in [-0.05, 0) is 54.5 Å². The van der Waals surface area contributed by atoms with Crippen LogP contribution in [0.2, 0.25) is 0 Å². The summed E-state index contributed by atoms with van der Waals surface area (Å²) in [6, 6.07) is 12.6. The van der Waals surface area contributed by atoms with Crippen LogP contribution in [0.1, 0.15) is 58.9 Å². The van der Waals surface area contributed by atoms with Gasteiger partial charge in [0, 0.05) is 32.0 Å². The molecule has 8 heteroatoms. The quantitative estimate of drug-likeness (QED) is 0.296. The summed E-state index contributed by atoms with van der Waals surface area (Å²) in [6.45, 7) is 9.95. The average Bonchev–Trinajstić information content (AvgIpc) is 3.42. The third kappa shape index (κ3) is 8.77. The second-order valence-corrected chi connectivity index (χ2v) is 11.1. The smallest absolute Gasteiger partial charge is 0.243 e. The van der Waals surface area contributed by atoms with Gasteiger partial charge in [-0.3, -0.25) is 14.4 Å². The molecule has 39 heavy (non-hydrogen) atoms. The van der Waals surface area contributed by atoms with E-state index in [2.05, 4.69) is 29.8 Å². The zero-order valence-electron chi connectivity index (χ0n) is 23.9. The second-order valence-electron chi connectivity index (χ2n) is 11.1. The number of aliphatic hydroxyl groups is 1. The van der Waals surface area contributed by atoms with Gasteiger partial charge in [0.05, 0.1) is 6.10 Å². The number of aliphatic hydroxyl groups excluding tert-OH is 1. The summed E-state index contributed by atoms with van der Waals surface area (Å²) in [5.74, 6) is -0.270. The zero-order valence-corrected chi connectivity index (χ0v) is 23.9. The zero-order chi connectivity index (χ0) is 28.4. The summed E-state index contributed by atoms with van der Waals surface area (Å²) in [5.41, 5.74) is 0.921. The van der Waals surface area contributed by atoms with Crippen LogP contribution < -0.4 is 16.0 Å². The molecule has 0 aromatic heterocycles. The number of fused-ring (bicyclic) bond motifs is 1. The lowest BCUT2D eigenvalue weighted by Gasteiger charge is -2.29. The van der Waals surface area contributed by atoms with Crippen molar-refractivity contribution in [2.45, 2.75) is 78.0 Å². The molecule has 1 aliphatic rings. The van der Waals surface area contributed by atoms with Crippen molar-refractivity contribution in [1.82, 2.24) is 20.9 Å². The second kappa shape index (κ2) is 15.0. The number of benzene rings is 2. The first-order valence-corrected chi connectivity index (χ1v) is 14.5. The highest BCUT2D eigenvalue weighted by molar-refractivity contribution is 5.93. The predicted molar refractivity (Wildman–Crippen MR) is 155 cm³/mol. The first kappa shape index (κ1) is 30.6. The number of carbonyl (C=O) groups is 3. The average molecular weight is 539 g/mol. The van der Waals surface area contributed by atoms with E-state index in [-0.39, 0.29) is 30.2 Å². The van der Waals surface area contributed by atoms with Crippen LogP contribution >= 0.6 is 0 Å². The number of amides is 3. The summed E-state index contributed by atoms with van der Waals surface area (Å²) < 4.78 is 0. The van der Waals surface area contributed by atoms with E-state index in [1.54, 1.807) is 4.90 Å². The Hall–Kier alpha value is -2.97. The molecule has 1 aliphatic heterocycles. The molecule has 1 fully saturated rings. The molecular weight excluding hydrogens is 492 g/mol. The number of carbonyl (C=O) groups excluding carboxylic acids is 3. The van der Waals surface area contributed by atoms with Crippen molar-refractivity contribution in [2.75, 3.05) is 26.2 Å². The molecule has 2 aromatic carbocycles. The lowest BCUT2D eigenvalue weighted by molar-refractivity contribution is -0.142. The van der Waals surface area contributed by atoms with E-state index in [9.17, 15) is 19.5 Å². The van der Waals surface area contributed by atoms with Crippen LogP contribution in [0.5, 0.6) is 0 Å². The van der Waals surface area contributed by atoms with E-state index >= 15 is 0 Å². The minimum atomic E-state index is -0.833. The van der Waals surface area contributed by atoms with Gasteiger partial charge in [0.1, 0.15) is 12.1 Å². The van der Waals surface area contributed by atoms with E-state index in [0.29, 0.717) is 31.8 Å². The van der Waals surface area contributed by atoms with E-state index in [4.69, 9.17) is 0 Å². The standard InChI is InChI=1S/C31H46N4O4/c1-5-23(6-2)31(39)35-15-9-12-28(35)30(38)34-27(29(37)33-20-26(36)19-32-18-21(3)4)17-22-13-14-24-10-7-8-11-25(24)16-22/h7-8,10-11,13-14,16,21,23,26-28,32,36H,5-6,9,12,15,17-20H2,1-4H3,(H,33,37)(H,34,38)/t26?,27-,28+/m1/s1. The summed E-state index contributed by atoms with van der Waals surface area (Å²) in [6.07, 6.45) is 2.39. The highest BCUT2D eigenvalue weighted by atomic mass is 16.3. The number of rotatable bonds is 14. The molecule has 1 saturated heterocycles. The molecule has 1 unspecified atom stereocenters. The maximum atomic E-state index is 13.5. The van der Waals surface area contributed by atoms with E-state index in [1.807, 2.05) is 56.3 Å². The molecule has 8 nitrogen and oxygen atoms in total. The molecule has 214 valence electrons. The summed E-state index contributed by atoms with van der Waals surface area (Å²) in [4.78, 5) is 41.6. The Morgan fingerprint density at radius 3 is 2.41 bits per heavy atom. The lowest BCUT2D eigenvalue weighted by Crippen LogP contribution is -2.55. The Bertz CT molecular complexity index is 1100. The third-order valence-corrected chi connectivity index (χ3v) is 7.50. The van der Waals surface area contributed by atoms with Crippen LogP contribution in [-0.2, 0) is 20.8 Å². The highest BCUT2D eigenvalue weighted by Crippen LogP contribution is 2.23. The van der Waals surface area contributed by atoms with Crippen LogP contribution in [0.15, 0.2) is 42.5 Å². The molecule has 0 radical (unpaired) electrons. The van der Waals surface area contributed by atoms with Gasteiger partial charge in [-0.1, -0.05) is 70.2 Å². The minimum Gasteiger partial charge on any atom is -0.390 e. The summed E-state index contributed by atoms with van der Waals surface area (Å²) >= 11 is 0. The van der Waals surface area contributed by atoms with Gasteiger partial charge < -0.3 is 26.0 Å². The third-order valence-electron chi connectivity index (χ3n) is 7.50. The van der Waals surface area contributed by atoms with Crippen LogP contribution in [-0.4, -0.2) is 72.1 Å². The minimum absolute atomic E-state index is 0.0187. The molecule has 3 amide bonds. The van der Waals surface area contributed by atoms with Crippen molar-refractivity contribution in [1.29, 1.82) is 0 Å². The lowest BCUT2D eigenvalue weighted by atomic mass is 10.00. The Balaban J connectivity index is 1.72. The molecule has 0 aliphatic carbocycles. The predicted octanol–water partition coefficient (Wildman–Crippen LogP) is 3.02. The van der Waals surface area contributed by atoms with Crippen molar-refractivity contribution in [3.05, 3.63) is 48.0 Å². The Morgan fingerprint density at radius 2 is 1.72 bits per heavy atom. The van der Waals surface area contributed by atoms with Crippen molar-refractivity contribution < 1.29 is 19.5 Å². The SMILES string of the molecule is CCC(CC)C(=O)N1CCC[C@H]1C(=O)N[C@H](Cc1ccc2ccccc2c1)C(=O)NCC(O)CNCC(C)C. The largest absolute Gasteiger partial charge is 0.390 e. The molecule has 3 rings (SSSR count). The monoisotopic (exact) mass is 538 g/mol. The van der Waals surface area contributed by atoms with Crippen LogP contribution in [0, 0.1) is 11.8 Å². The topological polar surface area (TPSA) is 111 Å². The van der Waals surface area contributed by atoms with Gasteiger partial charge in [-0.2, -0.15) is 0 Å². The molecule has 0 saturated carbocycles. The Kier molecular flexibility index (Phi) is 11.7. The first-order valence-electron chi connectivity index (χ1n) is 14.5. The number of hydrogen-bond donors (Lipinski definition) is 4. The molecule has 0 bridgehead atoms. The van der Waals surface area contributed by atoms with Gasteiger partial charge in [0.15, 0.2) is 0 Å². The Labute approximate surface area is 232 Å². The van der Waals surface area contributed by atoms with Gasteiger partial charge in [0.2, 0.25) is 17.7 Å². The first-order chi connectivity index (χ1) is 18.7. The van der Waals surface area contributed by atoms with E-state index in [1.165, 1.54) is 0 Å². The van der Waals surface area contributed by atoms with Crippen LogP contribution in [0.25, 0.3) is 10.8 Å². The van der Waals surface area contributed by atoms with Crippen molar-refractivity contribution in [3.63, 3.8) is 0 Å². The van der Waals surface area contributed by atoms with Gasteiger partial charge in [-0.15, -0.1) is 0 Å². The fourth-order valence-electron chi connectivity index (χ4n) is 5.21. The van der Waals surface area contributed by atoms with E-state index in [0.717, 1.165) is 42.1 Å². The van der Waals surface area contributed by atoms with Gasteiger partial charge in [-0.25, -0.2) is 0 Å². The summed E-state index contributed by atoms with van der Waals surface area (Å²) in [7, 11) is 0. The van der Waals surface area contributed by atoms with Gasteiger partial charge in [0.25, 0.3) is 0 Å². The van der Waals surface area contributed by atoms with Crippen molar-refractivity contribution in [2.24, 2.45) is 11.8 Å². The fourth-order valence-corrected chi connectivity index (χ4v) is 5.21. The molecular formula is C31H46N4O4. The highest BCUT2D eigenvalue weighted by Gasteiger charge is 2.37. The molecule has 4 N–H and O–H groups in total. The molecule has 2 aromatic rings. The molecule has 0 spiro atoms. The summed E-state index contributed by atoms with van der Waals surface area (Å²) in [5, 5.41) is 21.5. The maximum absolute atomic E-state index is 13.5. The number of nitrogens with one attached hydrogen (secondary N) is 3. The number of likely N-dealkylation sites (tertiary alicyclic amines) is 1. The van der Waals surface area contributed by atoms with Crippen LogP contribution in [0.3, 0.4) is 0 Å². The van der Waals surface area contributed by atoms with Crippen molar-refractivity contribution in [3.8, 4) is 0 Å². The maximum Gasteiger partial charge on any atom is 0.243 e. The van der Waals surface area contributed by atoms with Crippen LogP contribution in [0.4, 0.5) is 0 Å². The molecule has 1 heterocycles. The molecule has 3 atom stereocenters. The normalized spacial score (nSPS) is 17.0.